The Kier molecular flexibility index (Phi) is 8.17. The largest absolute Gasteiger partial charge is 0.486 e. The van der Waals surface area contributed by atoms with E-state index < -0.39 is 22.0 Å². The molecule has 0 saturated heterocycles. The summed E-state index contributed by atoms with van der Waals surface area (Å²) in [6.45, 7) is 4.25. The quantitative estimate of drug-likeness (QED) is 0.298. The van der Waals surface area contributed by atoms with Crippen molar-refractivity contribution >= 4 is 55.8 Å². The number of carbonyl (C=O) groups excluding carboxylic acids is 1. The highest BCUT2D eigenvalue weighted by Crippen LogP contribution is 2.32. The number of carbonyl (C=O) groups is 1. The number of hydrogen-bond donors (Lipinski definition) is 2. The molecule has 9 nitrogen and oxygen atoms in total. The summed E-state index contributed by atoms with van der Waals surface area (Å²) in [5, 5.41) is 11.7. The summed E-state index contributed by atoms with van der Waals surface area (Å²) in [7, 11) is -4.00. The van der Waals surface area contributed by atoms with Crippen LogP contribution in [-0.2, 0) is 20.6 Å². The van der Waals surface area contributed by atoms with Crippen LogP contribution >= 0.6 is 34.7 Å². The molecular weight excluding hydrogens is 532 g/mol. The van der Waals surface area contributed by atoms with Crippen molar-refractivity contribution in [2.45, 2.75) is 34.9 Å². The average molecular weight is 555 g/mol. The fraction of sp³-hybridized carbons (Fsp3) is 0.318. The predicted molar refractivity (Wildman–Crippen MR) is 136 cm³/mol. The van der Waals surface area contributed by atoms with Gasteiger partial charge in [-0.2, -0.15) is 4.72 Å². The molecule has 2 heterocycles. The van der Waals surface area contributed by atoms with E-state index in [1.54, 1.807) is 13.8 Å². The zero-order valence-corrected chi connectivity index (χ0v) is 22.1. The summed E-state index contributed by atoms with van der Waals surface area (Å²) in [4.78, 5) is 12.9. The molecule has 1 aromatic heterocycles. The van der Waals surface area contributed by atoms with E-state index in [4.69, 9.17) is 21.1 Å². The Morgan fingerprint density at radius 3 is 2.54 bits per heavy atom. The van der Waals surface area contributed by atoms with Gasteiger partial charge in [0.25, 0.3) is 0 Å². The standard InChI is InChI=1S/C22H23ClN4O5S3/c1-13(2)19(27-35(29,30)16-7-8-17-18(11-16)32-10-9-31-17)20(28)24-21-25-26-22(34-21)33-12-14-3-5-15(23)6-4-14/h3-8,11,13,19,27H,9-10,12H2,1-2H3,(H,24,25,28). The number of rotatable bonds is 9. The number of thioether (sulfide) groups is 1. The van der Waals surface area contributed by atoms with Crippen molar-refractivity contribution < 1.29 is 22.7 Å². The van der Waals surface area contributed by atoms with Crippen LogP contribution in [0.4, 0.5) is 5.13 Å². The molecule has 3 aromatic rings. The van der Waals surface area contributed by atoms with Crippen LogP contribution in [0, 0.1) is 5.92 Å². The van der Waals surface area contributed by atoms with Gasteiger partial charge in [0.05, 0.1) is 4.90 Å². The van der Waals surface area contributed by atoms with E-state index in [2.05, 4.69) is 20.2 Å². The highest BCUT2D eigenvalue weighted by molar-refractivity contribution is 8.00. The SMILES string of the molecule is CC(C)C(NS(=O)(=O)c1ccc2c(c1)OCCO2)C(=O)Nc1nnc(SCc2ccc(Cl)cc2)s1. The average Bonchev–Trinajstić information content (AvgIpc) is 3.28. The second-order valence-corrected chi connectivity index (χ2v) is 12.3. The van der Waals surface area contributed by atoms with Crippen molar-refractivity contribution in [1.82, 2.24) is 14.9 Å². The van der Waals surface area contributed by atoms with Crippen molar-refractivity contribution in [2.24, 2.45) is 5.92 Å². The maximum Gasteiger partial charge on any atom is 0.244 e. The number of sulfonamides is 1. The number of benzene rings is 2. The molecule has 4 rings (SSSR count). The molecule has 1 aliphatic heterocycles. The third kappa shape index (κ3) is 6.64. The topological polar surface area (TPSA) is 120 Å². The molecule has 0 radical (unpaired) electrons. The molecule has 1 aliphatic rings. The van der Waals surface area contributed by atoms with Gasteiger partial charge in [0.15, 0.2) is 15.8 Å². The van der Waals surface area contributed by atoms with E-state index in [-0.39, 0.29) is 15.9 Å². The van der Waals surface area contributed by atoms with Crippen LogP contribution in [0.15, 0.2) is 51.7 Å². The molecule has 2 N–H and O–H groups in total. The second kappa shape index (κ2) is 11.1. The smallest absolute Gasteiger partial charge is 0.244 e. The highest BCUT2D eigenvalue weighted by atomic mass is 35.5. The van der Waals surface area contributed by atoms with Gasteiger partial charge in [-0.25, -0.2) is 8.42 Å². The van der Waals surface area contributed by atoms with E-state index in [1.165, 1.54) is 41.3 Å². The number of aromatic nitrogens is 2. The van der Waals surface area contributed by atoms with Crippen molar-refractivity contribution in [3.8, 4) is 11.5 Å². The van der Waals surface area contributed by atoms with E-state index in [1.807, 2.05) is 24.3 Å². The van der Waals surface area contributed by atoms with Gasteiger partial charge in [0.2, 0.25) is 21.1 Å². The Bertz CT molecular complexity index is 1300. The molecule has 0 fully saturated rings. The molecule has 13 heteroatoms. The fourth-order valence-corrected chi connectivity index (χ4v) is 6.34. The lowest BCUT2D eigenvalue weighted by Gasteiger charge is -2.22. The molecule has 0 saturated carbocycles. The number of nitrogens with one attached hydrogen (secondary N) is 2. The van der Waals surface area contributed by atoms with Crippen LogP contribution in [0.1, 0.15) is 19.4 Å². The zero-order chi connectivity index (χ0) is 25.0. The van der Waals surface area contributed by atoms with Crippen molar-refractivity contribution in [3.05, 3.63) is 53.1 Å². The van der Waals surface area contributed by atoms with Crippen LogP contribution in [0.2, 0.25) is 5.02 Å². The summed E-state index contributed by atoms with van der Waals surface area (Å²) in [5.74, 6) is 0.653. The van der Waals surface area contributed by atoms with Gasteiger partial charge in [0.1, 0.15) is 19.3 Å². The number of halogens is 1. The molecule has 1 atom stereocenters. The number of hydrogen-bond acceptors (Lipinski definition) is 9. The van der Waals surface area contributed by atoms with Crippen LogP contribution in [-0.4, -0.2) is 43.8 Å². The Morgan fingerprint density at radius 2 is 1.83 bits per heavy atom. The number of nitrogens with zero attached hydrogens (tertiary/aromatic N) is 2. The maximum atomic E-state index is 13.0. The van der Waals surface area contributed by atoms with Gasteiger partial charge in [-0.15, -0.1) is 10.2 Å². The molecule has 2 aromatic carbocycles. The Hall–Kier alpha value is -2.38. The minimum atomic E-state index is -4.00. The first-order valence-corrected chi connectivity index (χ1v) is 14.3. The summed E-state index contributed by atoms with van der Waals surface area (Å²) in [6.07, 6.45) is 0. The lowest BCUT2D eigenvalue weighted by Crippen LogP contribution is -2.47. The summed E-state index contributed by atoms with van der Waals surface area (Å²) >= 11 is 8.61. The summed E-state index contributed by atoms with van der Waals surface area (Å²) in [5.41, 5.74) is 1.08. The van der Waals surface area contributed by atoms with E-state index in [0.29, 0.717) is 39.8 Å². The Labute approximate surface area is 216 Å². The molecule has 0 bridgehead atoms. The first-order valence-electron chi connectivity index (χ1n) is 10.6. The van der Waals surface area contributed by atoms with Crippen LogP contribution in [0.5, 0.6) is 11.5 Å². The van der Waals surface area contributed by atoms with Gasteiger partial charge in [0, 0.05) is 16.8 Å². The first kappa shape index (κ1) is 25.7. The van der Waals surface area contributed by atoms with E-state index in [0.717, 1.165) is 5.56 Å². The van der Waals surface area contributed by atoms with E-state index in [9.17, 15) is 13.2 Å². The molecule has 1 amide bonds. The monoisotopic (exact) mass is 554 g/mol. The van der Waals surface area contributed by atoms with E-state index >= 15 is 0 Å². The Balaban J connectivity index is 1.40. The minimum Gasteiger partial charge on any atom is -0.486 e. The highest BCUT2D eigenvalue weighted by Gasteiger charge is 2.30. The van der Waals surface area contributed by atoms with Crippen molar-refractivity contribution in [2.75, 3.05) is 18.5 Å². The number of fused-ring (bicyclic) bond motifs is 1. The van der Waals surface area contributed by atoms with Crippen LogP contribution in [0.25, 0.3) is 0 Å². The van der Waals surface area contributed by atoms with Crippen LogP contribution < -0.4 is 19.5 Å². The third-order valence-electron chi connectivity index (χ3n) is 4.97. The van der Waals surface area contributed by atoms with Gasteiger partial charge in [-0.1, -0.05) is 60.7 Å². The fourth-order valence-electron chi connectivity index (χ4n) is 3.15. The lowest BCUT2D eigenvalue weighted by molar-refractivity contribution is -0.118. The molecule has 35 heavy (non-hydrogen) atoms. The van der Waals surface area contributed by atoms with Gasteiger partial charge >= 0.3 is 0 Å². The van der Waals surface area contributed by atoms with Gasteiger partial charge in [-0.3, -0.25) is 10.1 Å². The molecular formula is C22H23ClN4O5S3. The molecule has 1 unspecified atom stereocenters. The number of anilines is 1. The minimum absolute atomic E-state index is 0.0167. The van der Waals surface area contributed by atoms with Crippen molar-refractivity contribution in [1.29, 1.82) is 0 Å². The Morgan fingerprint density at radius 1 is 1.11 bits per heavy atom. The number of ether oxygens (including phenoxy) is 2. The second-order valence-electron chi connectivity index (χ2n) is 7.93. The third-order valence-corrected chi connectivity index (χ3v) is 8.70. The van der Waals surface area contributed by atoms with Gasteiger partial charge in [-0.05, 0) is 35.7 Å². The summed E-state index contributed by atoms with van der Waals surface area (Å²) in [6, 6.07) is 10.8. The normalized spacial score (nSPS) is 14.1. The molecule has 0 aliphatic carbocycles. The predicted octanol–water partition coefficient (Wildman–Crippen LogP) is 4.20. The molecule has 186 valence electrons. The zero-order valence-electron chi connectivity index (χ0n) is 18.9. The lowest BCUT2D eigenvalue weighted by atomic mass is 10.1. The molecule has 0 spiro atoms. The summed E-state index contributed by atoms with van der Waals surface area (Å²) < 4.78 is 40.1. The number of amides is 1. The van der Waals surface area contributed by atoms with Crippen molar-refractivity contribution in [3.63, 3.8) is 0 Å². The van der Waals surface area contributed by atoms with Gasteiger partial charge < -0.3 is 9.47 Å². The first-order chi connectivity index (χ1) is 16.7. The van der Waals surface area contributed by atoms with Crippen LogP contribution in [0.3, 0.4) is 0 Å². The maximum absolute atomic E-state index is 13.0.